The van der Waals surface area contributed by atoms with E-state index in [2.05, 4.69) is 22.0 Å². The number of aromatic nitrogens is 1. The highest BCUT2D eigenvalue weighted by atomic mass is 16.2. The molecule has 0 spiro atoms. The Morgan fingerprint density at radius 3 is 2.33 bits per heavy atom. The summed E-state index contributed by atoms with van der Waals surface area (Å²) >= 11 is 0. The highest BCUT2D eigenvalue weighted by Crippen LogP contribution is 2.22. The highest BCUT2D eigenvalue weighted by Gasteiger charge is 2.36. The Hall–Kier alpha value is -2.11. The number of hydrogen-bond acceptors (Lipinski definition) is 4. The molecule has 2 amide bonds. The zero-order valence-corrected chi connectivity index (χ0v) is 14.8. The molecule has 2 fully saturated rings. The van der Waals surface area contributed by atoms with Gasteiger partial charge in [-0.15, -0.1) is 0 Å². The molecule has 0 aliphatic carbocycles. The SMILES string of the molecule is CCN1CC(C(=O)N2CCN(c3cc(C)nc(C)c3)CC2)CC1=O. The van der Waals surface area contributed by atoms with Crippen LogP contribution in [0.2, 0.25) is 0 Å². The van der Waals surface area contributed by atoms with Crippen molar-refractivity contribution in [3.63, 3.8) is 0 Å². The lowest BCUT2D eigenvalue weighted by molar-refractivity contribution is -0.136. The quantitative estimate of drug-likeness (QED) is 0.836. The molecule has 2 saturated heterocycles. The van der Waals surface area contributed by atoms with Crippen molar-refractivity contribution in [2.45, 2.75) is 27.2 Å². The third-order valence-electron chi connectivity index (χ3n) is 4.97. The van der Waals surface area contributed by atoms with Crippen molar-refractivity contribution in [3.8, 4) is 0 Å². The van der Waals surface area contributed by atoms with Gasteiger partial charge in [0.1, 0.15) is 0 Å². The van der Waals surface area contributed by atoms with Gasteiger partial charge in [0.25, 0.3) is 0 Å². The van der Waals surface area contributed by atoms with E-state index in [9.17, 15) is 9.59 Å². The van der Waals surface area contributed by atoms with Gasteiger partial charge in [-0.2, -0.15) is 0 Å². The number of aryl methyl sites for hydroxylation is 2. The molecule has 1 atom stereocenters. The third-order valence-corrected chi connectivity index (χ3v) is 4.97. The number of amides is 2. The first-order valence-corrected chi connectivity index (χ1v) is 8.74. The van der Waals surface area contributed by atoms with Crippen LogP contribution in [0.15, 0.2) is 12.1 Å². The molecule has 1 unspecified atom stereocenters. The van der Waals surface area contributed by atoms with E-state index in [4.69, 9.17) is 0 Å². The summed E-state index contributed by atoms with van der Waals surface area (Å²) in [5, 5.41) is 0. The largest absolute Gasteiger partial charge is 0.368 e. The lowest BCUT2D eigenvalue weighted by atomic mass is 10.1. The van der Waals surface area contributed by atoms with Crippen LogP contribution in [0, 0.1) is 19.8 Å². The van der Waals surface area contributed by atoms with Crippen LogP contribution in [0.1, 0.15) is 24.7 Å². The lowest BCUT2D eigenvalue weighted by Gasteiger charge is -2.37. The van der Waals surface area contributed by atoms with Gasteiger partial charge in [-0.1, -0.05) is 0 Å². The Morgan fingerprint density at radius 2 is 1.79 bits per heavy atom. The lowest BCUT2D eigenvalue weighted by Crippen LogP contribution is -2.50. The first-order valence-electron chi connectivity index (χ1n) is 8.74. The van der Waals surface area contributed by atoms with Crippen molar-refractivity contribution in [1.29, 1.82) is 0 Å². The van der Waals surface area contributed by atoms with Crippen molar-refractivity contribution in [2.24, 2.45) is 5.92 Å². The Balaban J connectivity index is 1.59. The molecule has 1 aromatic heterocycles. The molecule has 1 aromatic rings. The monoisotopic (exact) mass is 330 g/mol. The molecular weight excluding hydrogens is 304 g/mol. The topological polar surface area (TPSA) is 56.8 Å². The Kier molecular flexibility index (Phi) is 4.73. The van der Waals surface area contributed by atoms with Crippen LogP contribution in [0.25, 0.3) is 0 Å². The van der Waals surface area contributed by atoms with Crippen molar-refractivity contribution < 1.29 is 9.59 Å². The zero-order valence-electron chi connectivity index (χ0n) is 14.8. The van der Waals surface area contributed by atoms with Gasteiger partial charge in [-0.3, -0.25) is 14.6 Å². The summed E-state index contributed by atoms with van der Waals surface area (Å²) in [6.45, 7) is 10.3. The van der Waals surface area contributed by atoms with Crippen LogP contribution in [0.4, 0.5) is 5.69 Å². The number of carbonyl (C=O) groups is 2. The van der Waals surface area contributed by atoms with Crippen LogP contribution >= 0.6 is 0 Å². The normalized spacial score (nSPS) is 21.5. The molecule has 0 aromatic carbocycles. The standard InChI is InChI=1S/C18H26N4O2/c1-4-20-12-15(11-17(20)23)18(24)22-7-5-21(6-8-22)16-9-13(2)19-14(3)10-16/h9-10,15H,4-8,11-12H2,1-3H3. The fourth-order valence-electron chi connectivity index (χ4n) is 3.68. The number of hydrogen-bond donors (Lipinski definition) is 0. The van der Waals surface area contributed by atoms with Gasteiger partial charge in [0, 0.05) is 62.8 Å². The van der Waals surface area contributed by atoms with Gasteiger partial charge in [-0.25, -0.2) is 0 Å². The number of piperazine rings is 1. The van der Waals surface area contributed by atoms with E-state index in [1.165, 1.54) is 5.69 Å². The molecule has 0 saturated carbocycles. The molecule has 0 N–H and O–H groups in total. The number of rotatable bonds is 3. The van der Waals surface area contributed by atoms with Crippen LogP contribution in [-0.4, -0.2) is 65.9 Å². The van der Waals surface area contributed by atoms with Gasteiger partial charge < -0.3 is 14.7 Å². The Morgan fingerprint density at radius 1 is 1.17 bits per heavy atom. The van der Waals surface area contributed by atoms with Crippen LogP contribution in [-0.2, 0) is 9.59 Å². The summed E-state index contributed by atoms with van der Waals surface area (Å²) in [5.74, 6) is 0.0904. The summed E-state index contributed by atoms with van der Waals surface area (Å²) in [6, 6.07) is 4.19. The minimum absolute atomic E-state index is 0.109. The van der Waals surface area contributed by atoms with Gasteiger partial charge in [0.05, 0.1) is 5.92 Å². The van der Waals surface area contributed by atoms with E-state index >= 15 is 0 Å². The summed E-state index contributed by atoms with van der Waals surface area (Å²) in [5.41, 5.74) is 3.22. The van der Waals surface area contributed by atoms with E-state index in [-0.39, 0.29) is 17.7 Å². The van der Waals surface area contributed by atoms with E-state index < -0.39 is 0 Å². The Labute approximate surface area is 143 Å². The second-order valence-corrected chi connectivity index (χ2v) is 6.75. The summed E-state index contributed by atoms with van der Waals surface area (Å²) in [7, 11) is 0. The molecule has 2 aliphatic rings. The number of anilines is 1. The highest BCUT2D eigenvalue weighted by molar-refractivity contribution is 5.89. The fourth-order valence-corrected chi connectivity index (χ4v) is 3.68. The molecule has 130 valence electrons. The molecule has 2 aliphatic heterocycles. The number of likely N-dealkylation sites (tertiary alicyclic amines) is 1. The average molecular weight is 330 g/mol. The predicted octanol–water partition coefficient (Wildman–Crippen LogP) is 1.22. The number of pyridine rings is 1. The van der Waals surface area contributed by atoms with Crippen molar-refractivity contribution in [3.05, 3.63) is 23.5 Å². The molecule has 0 bridgehead atoms. The van der Waals surface area contributed by atoms with E-state index in [0.29, 0.717) is 19.5 Å². The average Bonchev–Trinajstić information content (AvgIpc) is 2.94. The van der Waals surface area contributed by atoms with Crippen LogP contribution in [0.3, 0.4) is 0 Å². The van der Waals surface area contributed by atoms with Gasteiger partial charge in [0.2, 0.25) is 11.8 Å². The molecule has 3 heterocycles. The minimum atomic E-state index is -0.158. The summed E-state index contributed by atoms with van der Waals surface area (Å²) in [4.78, 5) is 35.0. The van der Waals surface area contributed by atoms with Crippen molar-refractivity contribution in [1.82, 2.24) is 14.8 Å². The Bertz CT molecular complexity index is 618. The molecule has 0 radical (unpaired) electrons. The summed E-state index contributed by atoms with van der Waals surface area (Å²) in [6.07, 6.45) is 0.371. The second kappa shape index (κ2) is 6.79. The smallest absolute Gasteiger partial charge is 0.228 e. The van der Waals surface area contributed by atoms with Crippen LogP contribution in [0.5, 0.6) is 0 Å². The minimum Gasteiger partial charge on any atom is -0.368 e. The van der Waals surface area contributed by atoms with Gasteiger partial charge in [0.15, 0.2) is 0 Å². The third kappa shape index (κ3) is 3.37. The first-order chi connectivity index (χ1) is 11.5. The maximum Gasteiger partial charge on any atom is 0.228 e. The number of carbonyl (C=O) groups excluding carboxylic acids is 2. The van der Waals surface area contributed by atoms with E-state index in [1.54, 1.807) is 4.90 Å². The molecule has 3 rings (SSSR count). The van der Waals surface area contributed by atoms with Crippen molar-refractivity contribution in [2.75, 3.05) is 44.2 Å². The molecule has 6 nitrogen and oxygen atoms in total. The predicted molar refractivity (Wildman–Crippen MR) is 92.9 cm³/mol. The van der Waals surface area contributed by atoms with Gasteiger partial charge in [-0.05, 0) is 32.9 Å². The molecule has 6 heteroatoms. The van der Waals surface area contributed by atoms with E-state index in [1.807, 2.05) is 25.7 Å². The van der Waals surface area contributed by atoms with Crippen LogP contribution < -0.4 is 4.90 Å². The first kappa shape index (κ1) is 16.7. The maximum atomic E-state index is 12.7. The van der Waals surface area contributed by atoms with Crippen molar-refractivity contribution >= 4 is 17.5 Å². The maximum absolute atomic E-state index is 12.7. The number of nitrogens with zero attached hydrogens (tertiary/aromatic N) is 4. The second-order valence-electron chi connectivity index (χ2n) is 6.75. The zero-order chi connectivity index (χ0) is 17.3. The molecule has 24 heavy (non-hydrogen) atoms. The van der Waals surface area contributed by atoms with E-state index in [0.717, 1.165) is 37.6 Å². The molecular formula is C18H26N4O2. The van der Waals surface area contributed by atoms with Gasteiger partial charge >= 0.3 is 0 Å². The summed E-state index contributed by atoms with van der Waals surface area (Å²) < 4.78 is 0. The fraction of sp³-hybridized carbons (Fsp3) is 0.611.